The average Bonchev–Trinajstić information content (AvgIpc) is 3.28. The van der Waals surface area contributed by atoms with Gasteiger partial charge in [-0.25, -0.2) is 4.98 Å². The van der Waals surface area contributed by atoms with E-state index in [9.17, 15) is 0 Å². The van der Waals surface area contributed by atoms with Crippen molar-refractivity contribution in [3.8, 4) is 11.3 Å². The van der Waals surface area contributed by atoms with Gasteiger partial charge in [-0.15, -0.1) is 0 Å². The summed E-state index contributed by atoms with van der Waals surface area (Å²) in [6, 6.07) is 0. The zero-order valence-corrected chi connectivity index (χ0v) is 14.0. The lowest BCUT2D eigenvalue weighted by atomic mass is 9.80. The molecule has 1 aliphatic heterocycles. The van der Waals surface area contributed by atoms with Crippen LogP contribution in [-0.4, -0.2) is 30.5 Å². The Morgan fingerprint density at radius 2 is 2.12 bits per heavy atom. The fraction of sp³-hybridized carbons (Fsp3) is 0.158. The van der Waals surface area contributed by atoms with Gasteiger partial charge in [-0.05, 0) is 0 Å². The molecule has 3 aromatic rings. The van der Waals surface area contributed by atoms with Crippen LogP contribution in [-0.2, 0) is 6.42 Å². The van der Waals surface area contributed by atoms with Gasteiger partial charge >= 0.3 is 0 Å². The number of imidazole rings is 1. The number of nitrogens with two attached hydrogens (primary N) is 1. The highest BCUT2D eigenvalue weighted by Crippen LogP contribution is 2.31. The van der Waals surface area contributed by atoms with Gasteiger partial charge in [-0.2, -0.15) is 9.89 Å². The van der Waals surface area contributed by atoms with Crippen LogP contribution in [0.3, 0.4) is 0 Å². The van der Waals surface area contributed by atoms with Crippen molar-refractivity contribution in [3.05, 3.63) is 72.8 Å². The minimum Gasteiger partial charge on any atom is -0.323 e. The van der Waals surface area contributed by atoms with E-state index in [1.807, 2.05) is 35.4 Å². The highest BCUT2D eigenvalue weighted by molar-refractivity contribution is 5.69. The van der Waals surface area contributed by atoms with Gasteiger partial charge in [0.25, 0.3) is 0 Å². The first kappa shape index (κ1) is 14.8. The number of rotatable bonds is 3. The summed E-state index contributed by atoms with van der Waals surface area (Å²) in [5, 5.41) is 4.04. The Morgan fingerprint density at radius 3 is 3.00 bits per heavy atom. The maximum absolute atomic E-state index is 5.68. The lowest BCUT2D eigenvalue weighted by Gasteiger charge is -2.26. The van der Waals surface area contributed by atoms with Crippen molar-refractivity contribution in [3.63, 3.8) is 0 Å². The Hall–Kier alpha value is -3.48. The first-order chi connectivity index (χ1) is 12.8. The van der Waals surface area contributed by atoms with Crippen LogP contribution in [0.4, 0.5) is 0 Å². The van der Waals surface area contributed by atoms with E-state index in [4.69, 9.17) is 5.84 Å². The number of aliphatic imine (C=N–C) groups is 1. The summed E-state index contributed by atoms with van der Waals surface area (Å²) in [6.07, 6.45) is 22.3. The number of allylic oxidation sites excluding steroid dienone is 5. The van der Waals surface area contributed by atoms with Crippen molar-refractivity contribution in [1.82, 2.24) is 24.3 Å². The second-order valence-electron chi connectivity index (χ2n) is 6.47. The summed E-state index contributed by atoms with van der Waals surface area (Å²) < 4.78 is 2.04. The summed E-state index contributed by atoms with van der Waals surface area (Å²) in [6.45, 7) is 0. The van der Waals surface area contributed by atoms with Crippen LogP contribution in [0.5, 0.6) is 0 Å². The third-order valence-corrected chi connectivity index (χ3v) is 4.89. The molecule has 4 heterocycles. The van der Waals surface area contributed by atoms with Gasteiger partial charge in [0.05, 0.1) is 30.0 Å². The van der Waals surface area contributed by atoms with Crippen LogP contribution in [0.1, 0.15) is 5.69 Å². The van der Waals surface area contributed by atoms with Gasteiger partial charge in [0, 0.05) is 48.6 Å². The minimum absolute atomic E-state index is 0.324. The Kier molecular flexibility index (Phi) is 3.31. The number of fused-ring (bicyclic) bond motifs is 2. The molecule has 2 atom stereocenters. The van der Waals surface area contributed by atoms with E-state index < -0.39 is 0 Å². The highest BCUT2D eigenvalue weighted by atomic mass is 15.5. The molecule has 0 amide bonds. The summed E-state index contributed by atoms with van der Waals surface area (Å²) in [7, 11) is 0. The molecule has 26 heavy (non-hydrogen) atoms. The molecule has 0 aromatic carbocycles. The molecule has 3 aromatic heterocycles. The van der Waals surface area contributed by atoms with E-state index in [0.717, 1.165) is 29.0 Å². The standard InChI is InChI=1S/C19H17N7/c20-26-12-15(10-24-26)18-11-23-19-17(22-6-7-25(18)19)8-13-2-1-3-14-9-21-5-4-16(13)14/h1-7,9-12,14,16H,8,20H2. The Bertz CT molecular complexity index is 1100. The van der Waals surface area contributed by atoms with Crippen molar-refractivity contribution < 1.29 is 0 Å². The summed E-state index contributed by atoms with van der Waals surface area (Å²) >= 11 is 0. The van der Waals surface area contributed by atoms with Gasteiger partial charge in [-0.1, -0.05) is 29.9 Å². The minimum atomic E-state index is 0.324. The second-order valence-corrected chi connectivity index (χ2v) is 6.47. The quantitative estimate of drug-likeness (QED) is 0.739. The number of aromatic nitrogens is 5. The predicted octanol–water partition coefficient (Wildman–Crippen LogP) is 2.18. The molecule has 0 fully saturated rings. The molecule has 0 saturated heterocycles. The summed E-state index contributed by atoms with van der Waals surface area (Å²) in [5.41, 5.74) is 4.99. The van der Waals surface area contributed by atoms with Crippen LogP contribution in [0.2, 0.25) is 0 Å². The van der Waals surface area contributed by atoms with E-state index in [1.54, 1.807) is 12.4 Å². The summed E-state index contributed by atoms with van der Waals surface area (Å²) in [5.74, 6) is 6.34. The number of hydrogen-bond acceptors (Lipinski definition) is 5. The third-order valence-electron chi connectivity index (χ3n) is 4.89. The van der Waals surface area contributed by atoms with Gasteiger partial charge in [0.2, 0.25) is 0 Å². The van der Waals surface area contributed by atoms with Gasteiger partial charge in [0.15, 0.2) is 5.65 Å². The molecule has 0 spiro atoms. The maximum Gasteiger partial charge on any atom is 0.159 e. The fourth-order valence-corrected chi connectivity index (χ4v) is 3.62. The molecular weight excluding hydrogens is 326 g/mol. The van der Waals surface area contributed by atoms with Gasteiger partial charge in [0.1, 0.15) is 0 Å². The molecule has 2 aliphatic rings. The molecule has 2 unspecified atom stereocenters. The second kappa shape index (κ2) is 5.80. The summed E-state index contributed by atoms with van der Waals surface area (Å²) in [4.78, 5) is 14.8. The Labute approximate surface area is 149 Å². The molecule has 128 valence electrons. The van der Waals surface area contributed by atoms with Crippen molar-refractivity contribution in [2.75, 3.05) is 5.84 Å². The van der Waals surface area contributed by atoms with E-state index in [0.29, 0.717) is 11.8 Å². The van der Waals surface area contributed by atoms with E-state index >= 15 is 0 Å². The molecule has 1 aliphatic carbocycles. The van der Waals surface area contributed by atoms with Crippen molar-refractivity contribution in [2.45, 2.75) is 6.42 Å². The lowest BCUT2D eigenvalue weighted by Crippen LogP contribution is -2.20. The first-order valence-corrected chi connectivity index (χ1v) is 8.48. The topological polar surface area (TPSA) is 86.4 Å². The Morgan fingerprint density at radius 1 is 1.15 bits per heavy atom. The normalized spacial score (nSPS) is 21.2. The SMILES string of the molecule is Nn1cc(-c2cnc3c(CC4=CC=CC5C=NC=CC45)nccn23)cn1. The van der Waals surface area contributed by atoms with Crippen LogP contribution in [0.25, 0.3) is 16.9 Å². The molecule has 0 saturated carbocycles. The largest absolute Gasteiger partial charge is 0.323 e. The maximum atomic E-state index is 5.68. The van der Waals surface area contributed by atoms with E-state index in [-0.39, 0.29) is 0 Å². The monoisotopic (exact) mass is 343 g/mol. The van der Waals surface area contributed by atoms with Crippen LogP contribution < -0.4 is 5.84 Å². The van der Waals surface area contributed by atoms with Gasteiger partial charge < -0.3 is 5.84 Å². The third kappa shape index (κ3) is 2.36. The van der Waals surface area contributed by atoms with Crippen molar-refractivity contribution in [1.29, 1.82) is 0 Å². The smallest absolute Gasteiger partial charge is 0.159 e. The molecule has 5 rings (SSSR count). The number of nitrogen functional groups attached to an aromatic ring is 1. The number of hydrogen-bond donors (Lipinski definition) is 1. The molecular formula is C19H17N7. The van der Waals surface area contributed by atoms with Crippen LogP contribution >= 0.6 is 0 Å². The fourth-order valence-electron chi connectivity index (χ4n) is 3.62. The zero-order valence-electron chi connectivity index (χ0n) is 14.0. The number of nitrogens with zero attached hydrogens (tertiary/aromatic N) is 6. The van der Waals surface area contributed by atoms with Gasteiger partial charge in [-0.3, -0.25) is 14.4 Å². The van der Waals surface area contributed by atoms with Crippen LogP contribution in [0.15, 0.2) is 72.1 Å². The average molecular weight is 343 g/mol. The molecule has 2 N–H and O–H groups in total. The predicted molar refractivity (Wildman–Crippen MR) is 99.9 cm³/mol. The van der Waals surface area contributed by atoms with E-state index in [2.05, 4.69) is 44.4 Å². The zero-order chi connectivity index (χ0) is 17.5. The molecule has 0 bridgehead atoms. The lowest BCUT2D eigenvalue weighted by molar-refractivity contribution is 0.642. The van der Waals surface area contributed by atoms with E-state index in [1.165, 1.54) is 10.4 Å². The molecule has 7 heteroatoms. The van der Waals surface area contributed by atoms with Crippen molar-refractivity contribution in [2.24, 2.45) is 16.8 Å². The molecule has 0 radical (unpaired) electrons. The highest BCUT2D eigenvalue weighted by Gasteiger charge is 2.24. The van der Waals surface area contributed by atoms with Crippen LogP contribution in [0, 0.1) is 11.8 Å². The molecule has 7 nitrogen and oxygen atoms in total. The van der Waals surface area contributed by atoms with Crippen molar-refractivity contribution >= 4 is 11.9 Å². The first-order valence-electron chi connectivity index (χ1n) is 8.48. The Balaban J connectivity index is 1.53.